The molecule has 0 spiro atoms. The van der Waals surface area contributed by atoms with Crippen LogP contribution < -0.4 is 15.6 Å². The van der Waals surface area contributed by atoms with Gasteiger partial charge in [0.2, 0.25) is 5.95 Å². The van der Waals surface area contributed by atoms with Crippen molar-refractivity contribution < 1.29 is 9.84 Å². The maximum Gasteiger partial charge on any atom is 0.288 e. The van der Waals surface area contributed by atoms with Crippen LogP contribution in [0.15, 0.2) is 53.3 Å². The van der Waals surface area contributed by atoms with Crippen LogP contribution in [-0.4, -0.2) is 42.6 Å². The van der Waals surface area contributed by atoms with Gasteiger partial charge < -0.3 is 15.2 Å². The lowest BCUT2D eigenvalue weighted by atomic mass is 9.92. The highest BCUT2D eigenvalue weighted by Crippen LogP contribution is 2.42. The summed E-state index contributed by atoms with van der Waals surface area (Å²) in [5.74, 6) is 0.635. The van der Waals surface area contributed by atoms with Gasteiger partial charge in [0.25, 0.3) is 5.56 Å². The van der Waals surface area contributed by atoms with Crippen LogP contribution in [-0.2, 0) is 0 Å². The number of aromatic hydroxyl groups is 1. The number of nitrogens with zero attached hydrogens (tertiary/aromatic N) is 5. The van der Waals surface area contributed by atoms with Crippen LogP contribution >= 0.6 is 0 Å². The van der Waals surface area contributed by atoms with E-state index in [0.717, 1.165) is 11.1 Å². The first-order valence-corrected chi connectivity index (χ1v) is 8.77. The minimum Gasteiger partial charge on any atom is -0.504 e. The number of aromatic amines is 1. The van der Waals surface area contributed by atoms with E-state index in [0.29, 0.717) is 28.6 Å². The van der Waals surface area contributed by atoms with E-state index < -0.39 is 6.04 Å². The number of rotatable bonds is 3. The van der Waals surface area contributed by atoms with Gasteiger partial charge in [0.1, 0.15) is 11.7 Å². The van der Waals surface area contributed by atoms with Gasteiger partial charge in [-0.15, -0.1) is 0 Å². The maximum atomic E-state index is 12.6. The number of anilines is 2. The fourth-order valence-electron chi connectivity index (χ4n) is 3.53. The molecule has 0 aliphatic carbocycles. The molecule has 0 bridgehead atoms. The first-order valence-electron chi connectivity index (χ1n) is 8.77. The molecule has 1 aliphatic rings. The first-order chi connectivity index (χ1) is 14.2. The van der Waals surface area contributed by atoms with E-state index in [1.54, 1.807) is 16.8 Å². The second kappa shape index (κ2) is 6.44. The summed E-state index contributed by atoms with van der Waals surface area (Å²) in [5.41, 5.74) is 2.69. The number of ether oxygens (including phenoxy) is 1. The topological polar surface area (TPSA) is 131 Å². The van der Waals surface area contributed by atoms with Crippen molar-refractivity contribution in [1.82, 2.24) is 30.4 Å². The van der Waals surface area contributed by atoms with Crippen molar-refractivity contribution in [3.05, 3.63) is 70.0 Å². The molecule has 5 rings (SSSR count). The highest BCUT2D eigenvalue weighted by molar-refractivity contribution is 5.75. The summed E-state index contributed by atoms with van der Waals surface area (Å²) in [6.07, 6.45) is 0. The molecule has 1 aliphatic heterocycles. The van der Waals surface area contributed by atoms with Crippen molar-refractivity contribution in [3.63, 3.8) is 0 Å². The summed E-state index contributed by atoms with van der Waals surface area (Å²) < 4.78 is 6.83. The molecule has 0 radical (unpaired) electrons. The molecule has 3 heterocycles. The van der Waals surface area contributed by atoms with Gasteiger partial charge in [-0.05, 0) is 28.1 Å². The molecular weight excluding hydrogens is 374 g/mol. The molecule has 144 valence electrons. The molecule has 0 amide bonds. The highest BCUT2D eigenvalue weighted by atomic mass is 16.5. The van der Waals surface area contributed by atoms with Gasteiger partial charge in [0, 0.05) is 11.1 Å². The lowest BCUT2D eigenvalue weighted by Crippen LogP contribution is -2.29. The van der Waals surface area contributed by atoms with E-state index in [1.807, 2.05) is 30.3 Å². The predicted octanol–water partition coefficient (Wildman–Crippen LogP) is 1.83. The highest BCUT2D eigenvalue weighted by Gasteiger charge is 2.34. The molecular formula is C19H15N7O3. The van der Waals surface area contributed by atoms with Crippen LogP contribution in [0.3, 0.4) is 0 Å². The lowest BCUT2D eigenvalue weighted by molar-refractivity contribution is 0.372. The minimum atomic E-state index is -0.559. The number of methoxy groups -OCH3 is 1. The van der Waals surface area contributed by atoms with Gasteiger partial charge in [-0.2, -0.15) is 9.78 Å². The zero-order valence-electron chi connectivity index (χ0n) is 15.2. The number of benzene rings is 2. The van der Waals surface area contributed by atoms with E-state index >= 15 is 0 Å². The Morgan fingerprint density at radius 3 is 2.79 bits per heavy atom. The molecule has 0 saturated heterocycles. The molecule has 0 fully saturated rings. The van der Waals surface area contributed by atoms with Crippen molar-refractivity contribution in [2.24, 2.45) is 0 Å². The smallest absolute Gasteiger partial charge is 0.288 e. The summed E-state index contributed by atoms with van der Waals surface area (Å²) in [5, 5.41) is 31.7. The van der Waals surface area contributed by atoms with Gasteiger partial charge in [-0.3, -0.25) is 4.79 Å². The van der Waals surface area contributed by atoms with E-state index in [4.69, 9.17) is 4.74 Å². The third kappa shape index (κ3) is 2.61. The van der Waals surface area contributed by atoms with E-state index in [1.165, 1.54) is 13.2 Å². The molecule has 2 aromatic heterocycles. The average Bonchev–Trinajstić information content (AvgIpc) is 3.22. The van der Waals surface area contributed by atoms with Gasteiger partial charge in [-0.25, -0.2) is 5.10 Å². The van der Waals surface area contributed by atoms with Crippen LogP contribution in [0.4, 0.5) is 11.6 Å². The van der Waals surface area contributed by atoms with Crippen molar-refractivity contribution in [1.29, 1.82) is 0 Å². The second-order valence-electron chi connectivity index (χ2n) is 6.46. The number of fused-ring (bicyclic) bond motifs is 2. The summed E-state index contributed by atoms with van der Waals surface area (Å²) in [4.78, 5) is 12.6. The van der Waals surface area contributed by atoms with Gasteiger partial charge in [-0.1, -0.05) is 41.5 Å². The fourth-order valence-corrected chi connectivity index (χ4v) is 3.53. The van der Waals surface area contributed by atoms with Crippen LogP contribution in [0.25, 0.3) is 11.3 Å². The van der Waals surface area contributed by atoms with Crippen molar-refractivity contribution in [3.8, 4) is 22.8 Å². The first kappa shape index (κ1) is 16.9. The Bertz CT molecular complexity index is 1270. The number of H-pyrrole nitrogens is 1. The van der Waals surface area contributed by atoms with Crippen LogP contribution in [0.1, 0.15) is 17.2 Å². The van der Waals surface area contributed by atoms with Crippen LogP contribution in [0.5, 0.6) is 11.5 Å². The number of tetrazole rings is 1. The molecule has 2 aromatic carbocycles. The Morgan fingerprint density at radius 1 is 1.17 bits per heavy atom. The standard InChI is InChI=1S/C19H15N7O3/c1-29-13-9-11(7-8-12(13)27)17-14-15(10-5-3-2-4-6-10)21-22-18(28)16(14)20-19-23-24-25-26(17)19/h2-9,17,27H,1H3,(H,22,28)(H,20,23,25). The molecule has 4 aromatic rings. The number of aromatic nitrogens is 6. The minimum absolute atomic E-state index is 0.00895. The monoisotopic (exact) mass is 389 g/mol. The number of phenolic OH excluding ortho intramolecular Hbond substituents is 1. The Kier molecular flexibility index (Phi) is 3.76. The molecule has 29 heavy (non-hydrogen) atoms. The quantitative estimate of drug-likeness (QED) is 0.426. The van der Waals surface area contributed by atoms with E-state index in [2.05, 4.69) is 31.0 Å². The van der Waals surface area contributed by atoms with Crippen LogP contribution in [0.2, 0.25) is 0 Å². The van der Waals surface area contributed by atoms with Crippen molar-refractivity contribution in [2.45, 2.75) is 6.04 Å². The Labute approximate surface area is 163 Å². The third-order valence-electron chi connectivity index (χ3n) is 4.84. The Morgan fingerprint density at radius 2 is 2.00 bits per heavy atom. The SMILES string of the molecule is COc1cc(C2c3c(-c4ccccc4)n[nH]c(=O)c3Nc3nnnn32)ccc1O. The average molecular weight is 389 g/mol. The van der Waals surface area contributed by atoms with E-state index in [-0.39, 0.29) is 11.3 Å². The largest absolute Gasteiger partial charge is 0.504 e. The number of hydrogen-bond donors (Lipinski definition) is 3. The Hall–Kier alpha value is -4.21. The molecule has 1 unspecified atom stereocenters. The second-order valence-corrected chi connectivity index (χ2v) is 6.46. The van der Waals surface area contributed by atoms with Gasteiger partial charge >= 0.3 is 0 Å². The van der Waals surface area contributed by atoms with Gasteiger partial charge in [0.15, 0.2) is 11.5 Å². The predicted molar refractivity (Wildman–Crippen MR) is 103 cm³/mol. The molecule has 10 heteroatoms. The summed E-state index contributed by atoms with van der Waals surface area (Å²) in [6, 6.07) is 13.9. The lowest BCUT2D eigenvalue weighted by Gasteiger charge is -2.28. The number of phenols is 1. The molecule has 10 nitrogen and oxygen atoms in total. The van der Waals surface area contributed by atoms with Crippen molar-refractivity contribution in [2.75, 3.05) is 12.4 Å². The van der Waals surface area contributed by atoms with Crippen LogP contribution in [0, 0.1) is 0 Å². The zero-order chi connectivity index (χ0) is 20.0. The molecule has 3 N–H and O–H groups in total. The fraction of sp³-hybridized carbons (Fsp3) is 0.105. The number of hydrogen-bond acceptors (Lipinski definition) is 8. The zero-order valence-corrected chi connectivity index (χ0v) is 15.2. The molecule has 1 atom stereocenters. The summed E-state index contributed by atoms with van der Waals surface area (Å²) >= 11 is 0. The van der Waals surface area contributed by atoms with Gasteiger partial charge in [0.05, 0.1) is 12.8 Å². The van der Waals surface area contributed by atoms with E-state index in [9.17, 15) is 9.90 Å². The van der Waals surface area contributed by atoms with Crippen molar-refractivity contribution >= 4 is 11.6 Å². The maximum absolute atomic E-state index is 12.6. The molecule has 0 saturated carbocycles. The summed E-state index contributed by atoms with van der Waals surface area (Å²) in [6.45, 7) is 0. The number of nitrogens with one attached hydrogen (secondary N) is 2. The summed E-state index contributed by atoms with van der Waals surface area (Å²) in [7, 11) is 1.47. The third-order valence-corrected chi connectivity index (χ3v) is 4.84. The Balaban J connectivity index is 1.82. The normalized spacial score (nSPS) is 14.6.